The molecule has 88 valence electrons. The Hall–Kier alpha value is -1.32. The van der Waals surface area contributed by atoms with Crippen LogP contribution < -0.4 is 10.2 Å². The van der Waals surface area contributed by atoms with E-state index in [0.717, 1.165) is 25.2 Å². The van der Waals surface area contributed by atoms with E-state index in [9.17, 15) is 8.78 Å². The second-order valence-electron chi connectivity index (χ2n) is 4.21. The quantitative estimate of drug-likeness (QED) is 0.834. The molecule has 0 aliphatic carbocycles. The Labute approximate surface area is 94.3 Å². The maximum atomic E-state index is 13.2. The topological polar surface area (TPSA) is 15.3 Å². The summed E-state index contributed by atoms with van der Waals surface area (Å²) in [5.74, 6) is -1.58. The SMILES string of the molecule is CCCN1c2cc(F)c(F)cc2NCC1C. The lowest BCUT2D eigenvalue weighted by Crippen LogP contribution is -2.42. The first-order valence-corrected chi connectivity index (χ1v) is 5.63. The predicted molar refractivity (Wildman–Crippen MR) is 61.9 cm³/mol. The zero-order valence-electron chi connectivity index (χ0n) is 9.56. The van der Waals surface area contributed by atoms with Crippen LogP contribution >= 0.6 is 0 Å². The molecule has 16 heavy (non-hydrogen) atoms. The van der Waals surface area contributed by atoms with Gasteiger partial charge in [-0.25, -0.2) is 8.78 Å². The number of halogens is 2. The van der Waals surface area contributed by atoms with E-state index >= 15 is 0 Å². The van der Waals surface area contributed by atoms with Gasteiger partial charge in [0.1, 0.15) is 0 Å². The van der Waals surface area contributed by atoms with Gasteiger partial charge in [-0.15, -0.1) is 0 Å². The fraction of sp³-hybridized carbons (Fsp3) is 0.500. The second-order valence-corrected chi connectivity index (χ2v) is 4.21. The third kappa shape index (κ3) is 1.84. The van der Waals surface area contributed by atoms with Crippen LogP contribution in [0.5, 0.6) is 0 Å². The Morgan fingerprint density at radius 1 is 1.38 bits per heavy atom. The van der Waals surface area contributed by atoms with E-state index in [1.807, 2.05) is 0 Å². The van der Waals surface area contributed by atoms with Crippen LogP contribution in [0.4, 0.5) is 20.2 Å². The number of nitrogens with zero attached hydrogens (tertiary/aromatic N) is 1. The van der Waals surface area contributed by atoms with Gasteiger partial charge in [0.15, 0.2) is 11.6 Å². The Kier molecular flexibility index (Phi) is 2.99. The summed E-state index contributed by atoms with van der Waals surface area (Å²) in [6, 6.07) is 2.82. The van der Waals surface area contributed by atoms with Crippen LogP contribution in [0.3, 0.4) is 0 Å². The van der Waals surface area contributed by atoms with Crippen LogP contribution in [-0.2, 0) is 0 Å². The summed E-state index contributed by atoms with van der Waals surface area (Å²) in [5, 5.41) is 3.12. The first-order valence-electron chi connectivity index (χ1n) is 5.63. The smallest absolute Gasteiger partial charge is 0.161 e. The van der Waals surface area contributed by atoms with Crippen LogP contribution in [0.25, 0.3) is 0 Å². The van der Waals surface area contributed by atoms with Gasteiger partial charge in [-0.1, -0.05) is 6.92 Å². The Morgan fingerprint density at radius 2 is 2.06 bits per heavy atom. The number of fused-ring (bicyclic) bond motifs is 1. The number of hydrogen-bond acceptors (Lipinski definition) is 2. The molecule has 0 fully saturated rings. The van der Waals surface area contributed by atoms with Crippen molar-refractivity contribution >= 4 is 11.4 Å². The van der Waals surface area contributed by atoms with Gasteiger partial charge >= 0.3 is 0 Å². The van der Waals surface area contributed by atoms with E-state index in [2.05, 4.69) is 24.1 Å². The van der Waals surface area contributed by atoms with Crippen molar-refractivity contribution in [3.05, 3.63) is 23.8 Å². The highest BCUT2D eigenvalue weighted by molar-refractivity contribution is 5.72. The van der Waals surface area contributed by atoms with E-state index in [1.54, 1.807) is 0 Å². The molecule has 0 radical (unpaired) electrons. The van der Waals surface area contributed by atoms with Crippen molar-refractivity contribution in [2.75, 3.05) is 23.3 Å². The van der Waals surface area contributed by atoms with Gasteiger partial charge in [0.2, 0.25) is 0 Å². The molecule has 1 atom stereocenters. The molecule has 4 heteroatoms. The van der Waals surface area contributed by atoms with Gasteiger partial charge in [-0.3, -0.25) is 0 Å². The average molecular weight is 226 g/mol. The highest BCUT2D eigenvalue weighted by Gasteiger charge is 2.23. The molecule has 1 aliphatic heterocycles. The molecule has 0 spiro atoms. The van der Waals surface area contributed by atoms with Crippen molar-refractivity contribution < 1.29 is 8.78 Å². The summed E-state index contributed by atoms with van der Waals surface area (Å²) in [6.07, 6.45) is 0.989. The fourth-order valence-electron chi connectivity index (χ4n) is 2.10. The molecule has 1 unspecified atom stereocenters. The standard InChI is InChI=1S/C12H16F2N2/c1-3-4-16-8(2)7-15-11-5-9(13)10(14)6-12(11)16/h5-6,8,15H,3-4,7H2,1-2H3. The summed E-state index contributed by atoms with van der Waals surface area (Å²) in [7, 11) is 0. The molecule has 0 saturated carbocycles. The third-order valence-corrected chi connectivity index (χ3v) is 2.93. The molecule has 2 rings (SSSR count). The molecule has 1 aromatic carbocycles. The molecule has 0 saturated heterocycles. The van der Waals surface area contributed by atoms with E-state index in [4.69, 9.17) is 0 Å². The molecule has 1 N–H and O–H groups in total. The van der Waals surface area contributed by atoms with Crippen molar-refractivity contribution in [3.63, 3.8) is 0 Å². The maximum Gasteiger partial charge on any atom is 0.161 e. The fourth-order valence-corrected chi connectivity index (χ4v) is 2.10. The number of nitrogens with one attached hydrogen (secondary N) is 1. The van der Waals surface area contributed by atoms with Crippen LogP contribution in [-0.4, -0.2) is 19.1 Å². The monoisotopic (exact) mass is 226 g/mol. The molecule has 2 nitrogen and oxygen atoms in total. The van der Waals surface area contributed by atoms with Gasteiger partial charge in [-0.2, -0.15) is 0 Å². The Bertz CT molecular complexity index is 393. The minimum atomic E-state index is -0.794. The lowest BCUT2D eigenvalue weighted by Gasteiger charge is -2.37. The number of rotatable bonds is 2. The molecule has 1 aromatic rings. The Balaban J connectivity index is 2.42. The first-order chi connectivity index (χ1) is 7.63. The minimum absolute atomic E-state index is 0.303. The molecule has 0 amide bonds. The lowest BCUT2D eigenvalue weighted by atomic mass is 10.1. The van der Waals surface area contributed by atoms with E-state index in [0.29, 0.717) is 11.7 Å². The maximum absolute atomic E-state index is 13.2. The predicted octanol–water partition coefficient (Wildman–Crippen LogP) is 3.00. The summed E-state index contributed by atoms with van der Waals surface area (Å²) < 4.78 is 26.3. The molecular weight excluding hydrogens is 210 g/mol. The first kappa shape index (κ1) is 11.2. The normalized spacial score (nSPS) is 19.2. The molecular formula is C12H16F2N2. The Morgan fingerprint density at radius 3 is 2.75 bits per heavy atom. The second kappa shape index (κ2) is 4.28. The van der Waals surface area contributed by atoms with Crippen LogP contribution in [0.1, 0.15) is 20.3 Å². The molecule has 0 aromatic heterocycles. The largest absolute Gasteiger partial charge is 0.381 e. The minimum Gasteiger partial charge on any atom is -0.381 e. The van der Waals surface area contributed by atoms with Crippen LogP contribution in [0.15, 0.2) is 12.1 Å². The highest BCUT2D eigenvalue weighted by atomic mass is 19.2. The van der Waals surface area contributed by atoms with Crippen molar-refractivity contribution in [1.82, 2.24) is 0 Å². The summed E-state index contributed by atoms with van der Waals surface area (Å²) >= 11 is 0. The molecule has 1 aliphatic rings. The average Bonchev–Trinajstić information content (AvgIpc) is 2.25. The van der Waals surface area contributed by atoms with Crippen molar-refractivity contribution in [1.29, 1.82) is 0 Å². The van der Waals surface area contributed by atoms with Crippen molar-refractivity contribution in [2.24, 2.45) is 0 Å². The van der Waals surface area contributed by atoms with Crippen molar-refractivity contribution in [3.8, 4) is 0 Å². The van der Waals surface area contributed by atoms with E-state index < -0.39 is 11.6 Å². The van der Waals surface area contributed by atoms with E-state index in [1.165, 1.54) is 12.1 Å². The van der Waals surface area contributed by atoms with Crippen LogP contribution in [0.2, 0.25) is 0 Å². The van der Waals surface area contributed by atoms with Crippen LogP contribution in [0, 0.1) is 11.6 Å². The van der Waals surface area contributed by atoms with Crippen molar-refractivity contribution in [2.45, 2.75) is 26.3 Å². The summed E-state index contributed by atoms with van der Waals surface area (Å²) in [5.41, 5.74) is 1.45. The van der Waals surface area contributed by atoms with E-state index in [-0.39, 0.29) is 0 Å². The number of benzene rings is 1. The zero-order valence-corrected chi connectivity index (χ0v) is 9.56. The highest BCUT2D eigenvalue weighted by Crippen LogP contribution is 2.33. The number of anilines is 2. The van der Waals surface area contributed by atoms with Gasteiger partial charge < -0.3 is 10.2 Å². The molecule has 1 heterocycles. The number of hydrogen-bond donors (Lipinski definition) is 1. The lowest BCUT2D eigenvalue weighted by molar-refractivity contribution is 0.506. The van der Waals surface area contributed by atoms with Gasteiger partial charge in [0.25, 0.3) is 0 Å². The summed E-state index contributed by atoms with van der Waals surface area (Å²) in [6.45, 7) is 5.78. The third-order valence-electron chi connectivity index (χ3n) is 2.93. The van der Waals surface area contributed by atoms with Gasteiger partial charge in [-0.05, 0) is 13.3 Å². The zero-order chi connectivity index (χ0) is 11.7. The summed E-state index contributed by atoms with van der Waals surface area (Å²) in [4.78, 5) is 2.12. The van der Waals surface area contributed by atoms with Gasteiger partial charge in [0, 0.05) is 31.3 Å². The van der Waals surface area contributed by atoms with Gasteiger partial charge in [0.05, 0.1) is 11.4 Å². The molecule has 0 bridgehead atoms.